The topological polar surface area (TPSA) is 188 Å². The van der Waals surface area contributed by atoms with Crippen LogP contribution in [0.4, 0.5) is 16.2 Å². The van der Waals surface area contributed by atoms with Crippen LogP contribution >= 0.6 is 0 Å². The third kappa shape index (κ3) is 10.9. The number of aliphatic hydroxyl groups excluding tert-OH is 1. The van der Waals surface area contributed by atoms with Gasteiger partial charge in [-0.3, -0.25) is 19.2 Å². The number of amides is 4. The van der Waals surface area contributed by atoms with Gasteiger partial charge in [0.15, 0.2) is 23.5 Å². The Balaban J connectivity index is 0.956. The second-order valence-electron chi connectivity index (χ2n) is 18.4. The molecule has 16 heteroatoms. The number of aryl methyl sites for hydroxylation is 1. The summed E-state index contributed by atoms with van der Waals surface area (Å²) in [7, 11) is 1.48. The molecule has 4 N–H and O–H groups in total. The Morgan fingerprint density at radius 2 is 1.48 bits per heavy atom. The number of unbranched alkanes of at least 4 members (excludes halogenated alkanes) is 2. The van der Waals surface area contributed by atoms with Crippen LogP contribution in [-0.2, 0) is 27.5 Å². The first kappa shape index (κ1) is 48.5. The van der Waals surface area contributed by atoms with Gasteiger partial charge in [-0.25, -0.2) is 9.69 Å². The van der Waals surface area contributed by atoms with Crippen molar-refractivity contribution in [1.29, 1.82) is 0 Å². The maximum Gasteiger partial charge on any atom is 0.416 e. The normalized spacial score (nSPS) is 19.4. The van der Waals surface area contributed by atoms with Gasteiger partial charge in [-0.15, -0.1) is 0 Å². The van der Waals surface area contributed by atoms with Crippen LogP contribution in [0.15, 0.2) is 72.1 Å². The molecule has 4 amide bonds. The fraction of sp³-hybridized carbons (Fsp3) is 0.471. The summed E-state index contributed by atoms with van der Waals surface area (Å²) in [6.07, 6.45) is 4.78. The average molecular weight is 921 g/mol. The smallest absolute Gasteiger partial charge is 0.416 e. The second-order valence-corrected chi connectivity index (χ2v) is 18.4. The number of ether oxygens (including phenoxy) is 4. The number of nitrogens with zero attached hydrogens (tertiary/aromatic N) is 3. The van der Waals surface area contributed by atoms with Crippen molar-refractivity contribution in [1.82, 2.24) is 20.4 Å². The minimum atomic E-state index is -1.44. The highest BCUT2D eigenvalue weighted by atomic mass is 16.6. The second kappa shape index (κ2) is 21.1. The molecule has 3 aromatic rings. The number of hydrogen-bond acceptors (Lipinski definition) is 12. The van der Waals surface area contributed by atoms with E-state index in [2.05, 4.69) is 16.0 Å². The van der Waals surface area contributed by atoms with Gasteiger partial charge in [0.25, 0.3) is 11.8 Å². The van der Waals surface area contributed by atoms with E-state index in [1.165, 1.54) is 30.6 Å². The lowest BCUT2D eigenvalue weighted by Gasteiger charge is -2.31. The Morgan fingerprint density at radius 3 is 2.16 bits per heavy atom. The number of methoxy groups -OCH3 is 1. The largest absolute Gasteiger partial charge is 0.493 e. The van der Waals surface area contributed by atoms with Gasteiger partial charge < -0.3 is 49.8 Å². The number of aliphatic hydroxyl groups is 1. The van der Waals surface area contributed by atoms with Crippen LogP contribution in [0.25, 0.3) is 0 Å². The molecule has 0 fully saturated rings. The number of hydrogen-bond donors (Lipinski definition) is 4. The summed E-state index contributed by atoms with van der Waals surface area (Å²) in [6.45, 7) is 14.5. The minimum Gasteiger partial charge on any atom is -0.493 e. The fourth-order valence-electron chi connectivity index (χ4n) is 9.01. The van der Waals surface area contributed by atoms with E-state index in [0.717, 1.165) is 52.3 Å². The highest BCUT2D eigenvalue weighted by molar-refractivity contribution is 6.06. The maximum absolute atomic E-state index is 14.1. The van der Waals surface area contributed by atoms with Gasteiger partial charge >= 0.3 is 6.09 Å². The number of Topliss-reactive ketones (excluding diaryl/α,β-unsaturated/α-hetero) is 1. The summed E-state index contributed by atoms with van der Waals surface area (Å²) in [4.78, 5) is 70.6. The molecule has 4 aliphatic rings. The number of benzene rings is 3. The zero-order valence-corrected chi connectivity index (χ0v) is 39.8. The summed E-state index contributed by atoms with van der Waals surface area (Å²) < 4.78 is 23.9. The molecule has 0 aliphatic carbocycles. The van der Waals surface area contributed by atoms with Crippen LogP contribution in [0.1, 0.15) is 111 Å². The SMILES string of the molecule is COc1cc2c(cc1OCCCCCOc1cc3c(cc1C)C(=O)N1C=C(C)C[C@H]1CN3)N(C(=O)OCc1ccc(CN[C@@H](C)C(=O)N[C@H](C(C)=O)C(C)C)cc1)[C@@H](O)[C@@H]1CC(C)=CN1C2=O. The molecule has 4 aliphatic heterocycles. The number of ketones is 1. The molecular formula is C51H64N6O10. The third-order valence-electron chi connectivity index (χ3n) is 12.8. The lowest BCUT2D eigenvalue weighted by atomic mass is 10.0. The molecule has 3 aromatic carbocycles. The van der Waals surface area contributed by atoms with E-state index < -0.39 is 36.4 Å². The first-order valence-electron chi connectivity index (χ1n) is 23.2. The maximum atomic E-state index is 14.1. The molecular weight excluding hydrogens is 857 g/mol. The molecule has 4 heterocycles. The number of rotatable bonds is 18. The van der Waals surface area contributed by atoms with E-state index in [0.29, 0.717) is 61.8 Å². The van der Waals surface area contributed by atoms with Gasteiger partial charge in [0.05, 0.1) is 67.0 Å². The summed E-state index contributed by atoms with van der Waals surface area (Å²) in [5, 5.41) is 21.3. The Kier molecular flexibility index (Phi) is 15.3. The van der Waals surface area contributed by atoms with Crippen LogP contribution in [0, 0.1) is 12.8 Å². The Morgan fingerprint density at radius 1 is 0.821 bits per heavy atom. The predicted octanol–water partition coefficient (Wildman–Crippen LogP) is 6.98. The molecule has 0 unspecified atom stereocenters. The standard InChI is InChI=1S/C51H64N6O10/c1-29(2)46(34(7)58)54-47(59)33(6)52-24-35-12-14-36(15-13-35)28-67-51(63)57-41-23-45(44(64-8)21-39(41)49(61)56-27-31(4)19-42(56)50(57)62)66-17-11-9-10-16-65-43-22-40-38(20-32(43)5)48(60)55-26-30(3)18-37(55)25-53-40/h12-15,20-23,26-27,29,33,37,42,46,50,52-53,62H,9-11,16-19,24-25,28H2,1-8H3,(H,54,59)/t33-,37-,42-,46-,50-/m0/s1. The van der Waals surface area contributed by atoms with E-state index in [4.69, 9.17) is 18.9 Å². The van der Waals surface area contributed by atoms with Crippen molar-refractivity contribution in [2.75, 3.05) is 37.1 Å². The molecule has 67 heavy (non-hydrogen) atoms. The number of fused-ring (bicyclic) bond motifs is 4. The molecule has 0 aromatic heterocycles. The number of carbonyl (C=O) groups excluding carboxylic acids is 5. The molecule has 0 spiro atoms. The number of carbonyl (C=O) groups is 5. The van der Waals surface area contributed by atoms with Gasteiger partial charge in [-0.2, -0.15) is 0 Å². The lowest BCUT2D eigenvalue weighted by Crippen LogP contribution is -2.50. The molecule has 16 nitrogen and oxygen atoms in total. The van der Waals surface area contributed by atoms with Crippen molar-refractivity contribution in [2.24, 2.45) is 5.92 Å². The van der Waals surface area contributed by atoms with Crippen LogP contribution in [0.2, 0.25) is 0 Å². The third-order valence-corrected chi connectivity index (χ3v) is 12.8. The fourth-order valence-corrected chi connectivity index (χ4v) is 9.01. The van der Waals surface area contributed by atoms with E-state index in [-0.39, 0.29) is 47.4 Å². The van der Waals surface area contributed by atoms with E-state index in [1.54, 1.807) is 19.2 Å². The van der Waals surface area contributed by atoms with E-state index >= 15 is 0 Å². The minimum absolute atomic E-state index is 0.00142. The Hall–Kier alpha value is -6.39. The zero-order chi connectivity index (χ0) is 48.1. The van der Waals surface area contributed by atoms with Crippen LogP contribution in [0.3, 0.4) is 0 Å². The van der Waals surface area contributed by atoms with Crippen molar-refractivity contribution in [3.8, 4) is 17.2 Å². The van der Waals surface area contributed by atoms with Gasteiger partial charge in [0.1, 0.15) is 12.4 Å². The van der Waals surface area contributed by atoms with Crippen LogP contribution < -0.4 is 35.1 Å². The molecule has 5 atom stereocenters. The first-order chi connectivity index (χ1) is 32.0. The van der Waals surface area contributed by atoms with Gasteiger partial charge in [0, 0.05) is 37.6 Å². The van der Waals surface area contributed by atoms with E-state index in [9.17, 15) is 29.1 Å². The van der Waals surface area contributed by atoms with Gasteiger partial charge in [-0.05, 0) is 101 Å². The molecule has 358 valence electrons. The number of anilines is 2. The predicted molar refractivity (Wildman–Crippen MR) is 253 cm³/mol. The summed E-state index contributed by atoms with van der Waals surface area (Å²) in [5.41, 5.74) is 6.24. The number of nitrogens with one attached hydrogen (secondary N) is 3. The zero-order valence-electron chi connectivity index (χ0n) is 39.8. The highest BCUT2D eigenvalue weighted by Crippen LogP contribution is 2.42. The summed E-state index contributed by atoms with van der Waals surface area (Å²) in [5.74, 6) is 0.542. The molecule has 0 saturated carbocycles. The van der Waals surface area contributed by atoms with Crippen molar-refractivity contribution in [2.45, 2.75) is 124 Å². The first-order valence-corrected chi connectivity index (χ1v) is 23.2. The molecule has 0 saturated heterocycles. The summed E-state index contributed by atoms with van der Waals surface area (Å²) >= 11 is 0. The van der Waals surface area contributed by atoms with Crippen LogP contribution in [0.5, 0.6) is 17.2 Å². The van der Waals surface area contributed by atoms with Crippen molar-refractivity contribution < 1.29 is 48.0 Å². The van der Waals surface area contributed by atoms with Gasteiger partial charge in [0.2, 0.25) is 5.91 Å². The monoisotopic (exact) mass is 920 g/mol. The Bertz CT molecular complexity index is 2430. The highest BCUT2D eigenvalue weighted by Gasteiger charge is 2.45. The Labute approximate surface area is 392 Å². The van der Waals surface area contributed by atoms with Crippen molar-refractivity contribution >= 4 is 41.0 Å². The molecule has 0 bridgehead atoms. The van der Waals surface area contributed by atoms with Crippen LogP contribution in [-0.4, -0.2) is 102 Å². The quantitative estimate of drug-likeness (QED) is 0.0961. The summed E-state index contributed by atoms with van der Waals surface area (Å²) in [6, 6.07) is 12.5. The van der Waals surface area contributed by atoms with Gasteiger partial charge in [-0.1, -0.05) is 49.3 Å². The lowest BCUT2D eigenvalue weighted by molar-refractivity contribution is -0.128. The molecule has 7 rings (SSSR count). The molecule has 0 radical (unpaired) electrons. The average Bonchev–Trinajstić information content (AvgIpc) is 3.84. The van der Waals surface area contributed by atoms with Crippen molar-refractivity contribution in [3.63, 3.8) is 0 Å². The van der Waals surface area contributed by atoms with Crippen molar-refractivity contribution in [3.05, 3.63) is 99.9 Å². The van der Waals surface area contributed by atoms with E-state index in [1.807, 2.05) is 82.1 Å².